The van der Waals surface area contributed by atoms with Crippen molar-refractivity contribution in [1.29, 1.82) is 0 Å². The molecular formula is C22H21NO3. The van der Waals surface area contributed by atoms with E-state index in [4.69, 9.17) is 9.47 Å². The lowest BCUT2D eigenvalue weighted by atomic mass is 10.1. The molecule has 0 heterocycles. The zero-order valence-electron chi connectivity index (χ0n) is 14.6. The summed E-state index contributed by atoms with van der Waals surface area (Å²) in [4.78, 5) is 12.5. The summed E-state index contributed by atoms with van der Waals surface area (Å²) in [6.45, 7) is 0.557. The first-order chi connectivity index (χ1) is 12.8. The van der Waals surface area contributed by atoms with Gasteiger partial charge in [-0.05, 0) is 35.9 Å². The van der Waals surface area contributed by atoms with E-state index in [1.807, 2.05) is 42.5 Å². The largest absolute Gasteiger partial charge is 0.495 e. The van der Waals surface area contributed by atoms with Crippen molar-refractivity contribution < 1.29 is 14.3 Å². The van der Waals surface area contributed by atoms with Crippen LogP contribution in [0.4, 0.5) is 5.69 Å². The first-order valence-electron chi connectivity index (χ1n) is 8.47. The van der Waals surface area contributed by atoms with Crippen molar-refractivity contribution in [3.63, 3.8) is 0 Å². The highest BCUT2D eigenvalue weighted by Gasteiger charge is 2.10. The first-order valence-corrected chi connectivity index (χ1v) is 8.47. The zero-order chi connectivity index (χ0) is 18.2. The predicted molar refractivity (Wildman–Crippen MR) is 103 cm³/mol. The van der Waals surface area contributed by atoms with Crippen LogP contribution < -0.4 is 14.8 Å². The van der Waals surface area contributed by atoms with Crippen LogP contribution >= 0.6 is 0 Å². The highest BCUT2D eigenvalue weighted by atomic mass is 16.5. The molecule has 3 aromatic carbocycles. The van der Waals surface area contributed by atoms with Gasteiger partial charge in [-0.25, -0.2) is 0 Å². The fourth-order valence-corrected chi connectivity index (χ4v) is 2.60. The average molecular weight is 347 g/mol. The van der Waals surface area contributed by atoms with Crippen molar-refractivity contribution >= 4 is 11.6 Å². The molecule has 0 radical (unpaired) electrons. The molecule has 0 atom stereocenters. The number of benzene rings is 3. The van der Waals surface area contributed by atoms with Gasteiger partial charge in [-0.3, -0.25) is 4.79 Å². The zero-order valence-corrected chi connectivity index (χ0v) is 14.6. The molecule has 3 aromatic rings. The second-order valence-corrected chi connectivity index (χ2v) is 5.77. The fraction of sp³-hybridized carbons (Fsp3) is 0.136. The molecule has 0 aliphatic rings. The molecule has 4 heteroatoms. The maximum absolute atomic E-state index is 12.5. The summed E-state index contributed by atoms with van der Waals surface area (Å²) in [5.41, 5.74) is 2.39. The van der Waals surface area contributed by atoms with E-state index < -0.39 is 0 Å². The molecule has 0 unspecified atom stereocenters. The van der Waals surface area contributed by atoms with Gasteiger partial charge in [-0.2, -0.15) is 0 Å². The summed E-state index contributed by atoms with van der Waals surface area (Å²) in [7, 11) is 1.58. The lowest BCUT2D eigenvalue weighted by Crippen LogP contribution is -2.13. The molecule has 0 saturated carbocycles. The third-order valence-electron chi connectivity index (χ3n) is 3.95. The van der Waals surface area contributed by atoms with E-state index in [0.717, 1.165) is 6.42 Å². The topological polar surface area (TPSA) is 47.6 Å². The van der Waals surface area contributed by atoms with Crippen molar-refractivity contribution in [3.8, 4) is 11.5 Å². The number of carbonyl (C=O) groups excluding carboxylic acids is 1. The Bertz CT molecular complexity index is 862. The Hall–Kier alpha value is -3.27. The summed E-state index contributed by atoms with van der Waals surface area (Å²) >= 11 is 0. The number of hydrogen-bond donors (Lipinski definition) is 1. The second kappa shape index (κ2) is 8.72. The smallest absolute Gasteiger partial charge is 0.255 e. The molecule has 0 fully saturated rings. The van der Waals surface area contributed by atoms with E-state index in [1.165, 1.54) is 5.56 Å². The van der Waals surface area contributed by atoms with E-state index in [2.05, 4.69) is 17.4 Å². The number of anilines is 1. The quantitative estimate of drug-likeness (QED) is 0.681. The maximum Gasteiger partial charge on any atom is 0.255 e. The van der Waals surface area contributed by atoms with Gasteiger partial charge in [0.25, 0.3) is 5.91 Å². The average Bonchev–Trinajstić information content (AvgIpc) is 2.69. The molecule has 0 aromatic heterocycles. The van der Waals surface area contributed by atoms with Crippen molar-refractivity contribution in [2.45, 2.75) is 6.42 Å². The minimum Gasteiger partial charge on any atom is -0.495 e. The highest BCUT2D eigenvalue weighted by Crippen LogP contribution is 2.24. The molecule has 1 N–H and O–H groups in total. The van der Waals surface area contributed by atoms with E-state index >= 15 is 0 Å². The Morgan fingerprint density at radius 3 is 2.50 bits per heavy atom. The molecule has 1 amide bonds. The third-order valence-corrected chi connectivity index (χ3v) is 3.95. The van der Waals surface area contributed by atoms with Gasteiger partial charge in [0, 0.05) is 12.0 Å². The highest BCUT2D eigenvalue weighted by molar-refractivity contribution is 6.05. The van der Waals surface area contributed by atoms with Gasteiger partial charge in [0.05, 0.1) is 19.4 Å². The molecule has 4 nitrogen and oxygen atoms in total. The molecule has 0 saturated heterocycles. The lowest BCUT2D eigenvalue weighted by molar-refractivity contribution is 0.102. The van der Waals surface area contributed by atoms with Crippen LogP contribution in [0.3, 0.4) is 0 Å². The fourth-order valence-electron chi connectivity index (χ4n) is 2.60. The number of hydrogen-bond acceptors (Lipinski definition) is 3. The van der Waals surface area contributed by atoms with Gasteiger partial charge in [0.1, 0.15) is 11.5 Å². The minimum absolute atomic E-state index is 0.206. The van der Waals surface area contributed by atoms with Crippen LogP contribution in [0.5, 0.6) is 11.5 Å². The molecule has 0 spiro atoms. The summed E-state index contributed by atoms with van der Waals surface area (Å²) in [6, 6.07) is 24.6. The van der Waals surface area contributed by atoms with Crippen LogP contribution in [-0.2, 0) is 6.42 Å². The minimum atomic E-state index is -0.206. The second-order valence-electron chi connectivity index (χ2n) is 5.77. The van der Waals surface area contributed by atoms with E-state index in [9.17, 15) is 4.79 Å². The van der Waals surface area contributed by atoms with E-state index in [0.29, 0.717) is 29.4 Å². The van der Waals surface area contributed by atoms with Crippen molar-refractivity contribution in [2.75, 3.05) is 19.0 Å². The van der Waals surface area contributed by atoms with Gasteiger partial charge in [-0.1, -0.05) is 48.5 Å². The van der Waals surface area contributed by atoms with Crippen LogP contribution in [0.1, 0.15) is 15.9 Å². The molecule has 0 aliphatic carbocycles. The Morgan fingerprint density at radius 2 is 1.69 bits per heavy atom. The Morgan fingerprint density at radius 1 is 0.923 bits per heavy atom. The number of carbonyl (C=O) groups is 1. The molecular weight excluding hydrogens is 326 g/mol. The Kier molecular flexibility index (Phi) is 5.88. The number of ether oxygens (including phenoxy) is 2. The molecule has 132 valence electrons. The van der Waals surface area contributed by atoms with E-state index in [-0.39, 0.29) is 5.91 Å². The molecule has 0 bridgehead atoms. The molecule has 0 aliphatic heterocycles. The van der Waals surface area contributed by atoms with Crippen LogP contribution in [-0.4, -0.2) is 19.6 Å². The number of methoxy groups -OCH3 is 1. The summed E-state index contributed by atoms with van der Waals surface area (Å²) in [6.07, 6.45) is 0.818. The predicted octanol–water partition coefficient (Wildman–Crippen LogP) is 4.57. The summed E-state index contributed by atoms with van der Waals surface area (Å²) in [5, 5.41) is 2.87. The van der Waals surface area contributed by atoms with Crippen LogP contribution in [0.25, 0.3) is 0 Å². The molecule has 3 rings (SSSR count). The number of rotatable bonds is 7. The monoisotopic (exact) mass is 347 g/mol. The first kappa shape index (κ1) is 17.5. The van der Waals surface area contributed by atoms with E-state index in [1.54, 1.807) is 31.4 Å². The summed E-state index contributed by atoms with van der Waals surface area (Å²) in [5.74, 6) is 1.09. The van der Waals surface area contributed by atoms with Gasteiger partial charge in [-0.15, -0.1) is 0 Å². The van der Waals surface area contributed by atoms with Gasteiger partial charge >= 0.3 is 0 Å². The molecule has 26 heavy (non-hydrogen) atoms. The SMILES string of the molecule is COc1ccccc1NC(=O)c1cccc(OCCc2ccccc2)c1. The van der Waals surface area contributed by atoms with Gasteiger partial charge in [0.15, 0.2) is 0 Å². The number of nitrogens with one attached hydrogen (secondary N) is 1. The van der Waals surface area contributed by atoms with Crippen LogP contribution in [0.15, 0.2) is 78.9 Å². The van der Waals surface area contributed by atoms with Gasteiger partial charge in [0.2, 0.25) is 0 Å². The Balaban J connectivity index is 1.62. The Labute approximate surface area is 153 Å². The van der Waals surface area contributed by atoms with Crippen LogP contribution in [0.2, 0.25) is 0 Å². The maximum atomic E-state index is 12.5. The lowest BCUT2D eigenvalue weighted by Gasteiger charge is -2.11. The van der Waals surface area contributed by atoms with Crippen molar-refractivity contribution in [1.82, 2.24) is 0 Å². The standard InChI is InChI=1S/C22H21NO3/c1-25-21-13-6-5-12-20(21)23-22(24)18-10-7-11-19(16-18)26-15-14-17-8-3-2-4-9-17/h2-13,16H,14-15H2,1H3,(H,23,24). The normalized spacial score (nSPS) is 10.2. The van der Waals surface area contributed by atoms with Crippen LogP contribution in [0, 0.1) is 0 Å². The third kappa shape index (κ3) is 4.63. The number of amides is 1. The van der Waals surface area contributed by atoms with Crippen molar-refractivity contribution in [3.05, 3.63) is 90.0 Å². The van der Waals surface area contributed by atoms with Crippen molar-refractivity contribution in [2.24, 2.45) is 0 Å². The van der Waals surface area contributed by atoms with Gasteiger partial charge < -0.3 is 14.8 Å². The number of para-hydroxylation sites is 2. The summed E-state index contributed by atoms with van der Waals surface area (Å²) < 4.78 is 11.1.